The number of anilines is 1. The van der Waals surface area contributed by atoms with Crippen LogP contribution in [0.3, 0.4) is 0 Å². The molecule has 1 fully saturated rings. The maximum atomic E-state index is 5.55. The molecule has 0 amide bonds. The molecule has 1 aliphatic heterocycles. The van der Waals surface area contributed by atoms with Crippen LogP contribution in [-0.4, -0.2) is 30.8 Å². The number of hydrogen-bond acceptors (Lipinski definition) is 3. The largest absolute Gasteiger partial charge is 0.375 e. The Morgan fingerprint density at radius 1 is 1.50 bits per heavy atom. The van der Waals surface area contributed by atoms with Gasteiger partial charge in [0.2, 0.25) is 0 Å². The van der Waals surface area contributed by atoms with Crippen LogP contribution in [0.2, 0.25) is 0 Å². The van der Waals surface area contributed by atoms with Crippen LogP contribution >= 0.6 is 0 Å². The number of nitrogens with zero attached hydrogens (tertiary/aromatic N) is 2. The van der Waals surface area contributed by atoms with E-state index >= 15 is 0 Å². The van der Waals surface area contributed by atoms with E-state index in [0.717, 1.165) is 26.1 Å². The molecule has 3 nitrogen and oxygen atoms in total. The predicted molar refractivity (Wildman–Crippen MR) is 64.6 cm³/mol. The number of ether oxygens (including phenoxy) is 1. The molecule has 1 unspecified atom stereocenters. The van der Waals surface area contributed by atoms with Crippen molar-refractivity contribution in [2.24, 2.45) is 0 Å². The van der Waals surface area contributed by atoms with Crippen LogP contribution in [0.25, 0.3) is 6.08 Å². The highest BCUT2D eigenvalue weighted by Gasteiger charge is 2.18. The zero-order valence-corrected chi connectivity index (χ0v) is 9.52. The van der Waals surface area contributed by atoms with E-state index in [0.29, 0.717) is 6.10 Å². The summed E-state index contributed by atoms with van der Waals surface area (Å²) in [6.07, 6.45) is 7.62. The Hall–Kier alpha value is -1.35. The van der Waals surface area contributed by atoms with Gasteiger partial charge in [-0.15, -0.1) is 0 Å². The Kier molecular flexibility index (Phi) is 2.40. The summed E-state index contributed by atoms with van der Waals surface area (Å²) in [6.45, 7) is 4.86. The molecule has 1 aliphatic carbocycles. The zero-order valence-electron chi connectivity index (χ0n) is 9.52. The van der Waals surface area contributed by atoms with Crippen LogP contribution < -0.4 is 4.90 Å². The molecule has 1 aromatic rings. The van der Waals surface area contributed by atoms with Crippen molar-refractivity contribution in [2.75, 3.05) is 24.6 Å². The standard InChI is InChI=1S/C13H16N2O/c1-10-9-15(5-6-16-10)12-7-11-3-2-4-13(11)14-8-12/h2-3,7-8,10H,4-6,9H2,1H3. The first kappa shape index (κ1) is 9.85. The average Bonchev–Trinajstić information content (AvgIpc) is 2.75. The minimum Gasteiger partial charge on any atom is -0.375 e. The van der Waals surface area contributed by atoms with Crippen molar-refractivity contribution < 1.29 is 4.74 Å². The Morgan fingerprint density at radius 2 is 2.44 bits per heavy atom. The molecule has 0 saturated carbocycles. The second kappa shape index (κ2) is 3.91. The number of rotatable bonds is 1. The van der Waals surface area contributed by atoms with Crippen LogP contribution in [0.4, 0.5) is 5.69 Å². The molecule has 0 bridgehead atoms. The molecule has 0 radical (unpaired) electrons. The second-order valence-corrected chi connectivity index (χ2v) is 4.46. The first-order chi connectivity index (χ1) is 7.83. The summed E-state index contributed by atoms with van der Waals surface area (Å²) in [5.41, 5.74) is 3.70. The summed E-state index contributed by atoms with van der Waals surface area (Å²) in [6, 6.07) is 2.24. The van der Waals surface area contributed by atoms with E-state index < -0.39 is 0 Å². The Labute approximate surface area is 95.7 Å². The van der Waals surface area contributed by atoms with Gasteiger partial charge in [-0.25, -0.2) is 0 Å². The molecule has 3 heteroatoms. The first-order valence-corrected chi connectivity index (χ1v) is 5.85. The van der Waals surface area contributed by atoms with Gasteiger partial charge in [-0.3, -0.25) is 4.98 Å². The average molecular weight is 216 g/mol. The highest BCUT2D eigenvalue weighted by Crippen LogP contribution is 2.24. The smallest absolute Gasteiger partial charge is 0.0722 e. The van der Waals surface area contributed by atoms with Gasteiger partial charge < -0.3 is 9.64 Å². The number of fused-ring (bicyclic) bond motifs is 1. The first-order valence-electron chi connectivity index (χ1n) is 5.85. The molecule has 84 valence electrons. The van der Waals surface area contributed by atoms with Gasteiger partial charge in [0.15, 0.2) is 0 Å². The van der Waals surface area contributed by atoms with E-state index in [1.807, 2.05) is 6.20 Å². The second-order valence-electron chi connectivity index (χ2n) is 4.46. The lowest BCUT2D eigenvalue weighted by Gasteiger charge is -2.32. The fourth-order valence-electron chi connectivity index (χ4n) is 2.34. The third kappa shape index (κ3) is 1.71. The van der Waals surface area contributed by atoms with Crippen LogP contribution in [0.15, 0.2) is 18.3 Å². The Morgan fingerprint density at radius 3 is 3.31 bits per heavy atom. The molecule has 1 saturated heterocycles. The number of morpholine rings is 1. The zero-order chi connectivity index (χ0) is 11.0. The summed E-state index contributed by atoms with van der Waals surface area (Å²) in [5.74, 6) is 0. The minimum atomic E-state index is 0.317. The fourth-order valence-corrected chi connectivity index (χ4v) is 2.34. The maximum Gasteiger partial charge on any atom is 0.0722 e. The maximum absolute atomic E-state index is 5.55. The van der Waals surface area contributed by atoms with Crippen molar-refractivity contribution in [1.29, 1.82) is 0 Å². The predicted octanol–water partition coefficient (Wildman–Crippen LogP) is 1.88. The van der Waals surface area contributed by atoms with E-state index in [1.54, 1.807) is 0 Å². The summed E-state index contributed by atoms with van der Waals surface area (Å²) in [7, 11) is 0. The van der Waals surface area contributed by atoms with E-state index in [2.05, 4.69) is 35.0 Å². The van der Waals surface area contributed by atoms with Crippen LogP contribution in [0, 0.1) is 0 Å². The molecular formula is C13H16N2O. The molecule has 1 aromatic heterocycles. The van der Waals surface area contributed by atoms with E-state index in [-0.39, 0.29) is 0 Å². The van der Waals surface area contributed by atoms with Gasteiger partial charge in [-0.05, 0) is 18.6 Å². The SMILES string of the molecule is CC1CN(c2cnc3c(c2)C=CC3)CCO1. The van der Waals surface area contributed by atoms with Gasteiger partial charge in [0.1, 0.15) is 0 Å². The highest BCUT2D eigenvalue weighted by molar-refractivity contribution is 5.63. The molecule has 1 atom stereocenters. The lowest BCUT2D eigenvalue weighted by molar-refractivity contribution is 0.0532. The molecule has 2 heterocycles. The summed E-state index contributed by atoms with van der Waals surface area (Å²) in [4.78, 5) is 6.87. The van der Waals surface area contributed by atoms with Crippen LogP contribution in [0.5, 0.6) is 0 Å². The molecular weight excluding hydrogens is 200 g/mol. The number of hydrogen-bond donors (Lipinski definition) is 0. The number of aromatic nitrogens is 1. The van der Waals surface area contributed by atoms with E-state index in [9.17, 15) is 0 Å². The van der Waals surface area contributed by atoms with Crippen molar-refractivity contribution in [2.45, 2.75) is 19.4 Å². The topological polar surface area (TPSA) is 25.4 Å². The van der Waals surface area contributed by atoms with Crippen molar-refractivity contribution in [3.8, 4) is 0 Å². The van der Waals surface area contributed by atoms with Gasteiger partial charge in [0, 0.05) is 19.5 Å². The molecule has 16 heavy (non-hydrogen) atoms. The van der Waals surface area contributed by atoms with Gasteiger partial charge in [0.25, 0.3) is 0 Å². The molecule has 0 N–H and O–H groups in total. The Balaban J connectivity index is 1.86. The number of pyridine rings is 1. The van der Waals surface area contributed by atoms with Crippen LogP contribution in [-0.2, 0) is 11.2 Å². The van der Waals surface area contributed by atoms with Gasteiger partial charge >= 0.3 is 0 Å². The fraction of sp³-hybridized carbons (Fsp3) is 0.462. The Bertz CT molecular complexity index is 428. The summed E-state index contributed by atoms with van der Waals surface area (Å²) < 4.78 is 5.55. The van der Waals surface area contributed by atoms with Gasteiger partial charge in [-0.1, -0.05) is 12.2 Å². The summed E-state index contributed by atoms with van der Waals surface area (Å²) >= 11 is 0. The lowest BCUT2D eigenvalue weighted by atomic mass is 10.2. The van der Waals surface area contributed by atoms with Gasteiger partial charge in [-0.2, -0.15) is 0 Å². The van der Waals surface area contributed by atoms with Gasteiger partial charge in [0.05, 0.1) is 30.3 Å². The monoisotopic (exact) mass is 216 g/mol. The minimum absolute atomic E-state index is 0.317. The highest BCUT2D eigenvalue weighted by atomic mass is 16.5. The molecule has 0 spiro atoms. The lowest BCUT2D eigenvalue weighted by Crippen LogP contribution is -2.41. The van der Waals surface area contributed by atoms with Crippen molar-refractivity contribution in [3.05, 3.63) is 29.6 Å². The van der Waals surface area contributed by atoms with Crippen molar-refractivity contribution >= 4 is 11.8 Å². The molecule has 0 aromatic carbocycles. The van der Waals surface area contributed by atoms with Crippen LogP contribution in [0.1, 0.15) is 18.2 Å². The van der Waals surface area contributed by atoms with Crippen molar-refractivity contribution in [3.63, 3.8) is 0 Å². The third-order valence-electron chi connectivity index (χ3n) is 3.20. The summed E-state index contributed by atoms with van der Waals surface area (Å²) in [5, 5.41) is 0. The van der Waals surface area contributed by atoms with Crippen molar-refractivity contribution in [1.82, 2.24) is 4.98 Å². The number of allylic oxidation sites excluding steroid dienone is 1. The molecule has 3 rings (SSSR count). The third-order valence-corrected chi connectivity index (χ3v) is 3.20. The quantitative estimate of drug-likeness (QED) is 0.716. The van der Waals surface area contributed by atoms with E-state index in [1.165, 1.54) is 16.9 Å². The molecule has 2 aliphatic rings. The normalized spacial score (nSPS) is 23.6. The van der Waals surface area contributed by atoms with E-state index in [4.69, 9.17) is 4.74 Å².